The van der Waals surface area contributed by atoms with Gasteiger partial charge < -0.3 is 0 Å². The molecule has 1 fully saturated rings. The highest BCUT2D eigenvalue weighted by Crippen LogP contribution is 2.38. The molecule has 1 aliphatic rings. The first kappa shape index (κ1) is 11.5. The summed E-state index contributed by atoms with van der Waals surface area (Å²) in [6.07, 6.45) is 5.76. The van der Waals surface area contributed by atoms with Gasteiger partial charge in [-0.05, 0) is 24.5 Å². The zero-order chi connectivity index (χ0) is 11.4. The summed E-state index contributed by atoms with van der Waals surface area (Å²) in [4.78, 5) is 0. The second-order valence-corrected chi connectivity index (χ2v) is 4.91. The molecule has 1 aliphatic carbocycles. The first-order valence-electron chi connectivity index (χ1n) is 5.97. The minimum Gasteiger partial charge on any atom is -0.198 e. The molecule has 0 heterocycles. The fourth-order valence-corrected chi connectivity index (χ4v) is 2.89. The molecule has 1 nitrogen and oxygen atoms in total. The lowest BCUT2D eigenvalue weighted by Crippen LogP contribution is -2.10. The molecule has 0 N–H and O–H groups in total. The molecule has 16 heavy (non-hydrogen) atoms. The van der Waals surface area contributed by atoms with Gasteiger partial charge in [0.05, 0.1) is 12.0 Å². The van der Waals surface area contributed by atoms with E-state index in [1.807, 2.05) is 18.2 Å². The van der Waals surface area contributed by atoms with Crippen molar-refractivity contribution in [2.24, 2.45) is 5.92 Å². The summed E-state index contributed by atoms with van der Waals surface area (Å²) >= 11 is 6.22. The maximum absolute atomic E-state index is 9.25. The Morgan fingerprint density at radius 3 is 2.62 bits per heavy atom. The van der Waals surface area contributed by atoms with Gasteiger partial charge in [-0.2, -0.15) is 5.26 Å². The quantitative estimate of drug-likeness (QED) is 0.654. The Balaban J connectivity index is 2.30. The third-order valence-electron chi connectivity index (χ3n) is 3.49. The van der Waals surface area contributed by atoms with Gasteiger partial charge in [0.25, 0.3) is 0 Å². The van der Waals surface area contributed by atoms with Crippen LogP contribution in [0.5, 0.6) is 0 Å². The Morgan fingerprint density at radius 1 is 1.12 bits per heavy atom. The number of nitriles is 1. The van der Waals surface area contributed by atoms with Crippen molar-refractivity contribution in [1.82, 2.24) is 0 Å². The monoisotopic (exact) mass is 233 g/mol. The summed E-state index contributed by atoms with van der Waals surface area (Å²) in [7, 11) is 0. The highest BCUT2D eigenvalue weighted by molar-refractivity contribution is 6.31. The van der Waals surface area contributed by atoms with Crippen LogP contribution in [0.15, 0.2) is 24.3 Å². The zero-order valence-electron chi connectivity index (χ0n) is 9.32. The lowest BCUT2D eigenvalue weighted by molar-refractivity contribution is 0.490. The number of hydrogen-bond acceptors (Lipinski definition) is 1. The molecule has 2 unspecified atom stereocenters. The van der Waals surface area contributed by atoms with E-state index >= 15 is 0 Å². The van der Waals surface area contributed by atoms with Crippen molar-refractivity contribution in [3.05, 3.63) is 34.9 Å². The van der Waals surface area contributed by atoms with E-state index in [0.717, 1.165) is 23.4 Å². The Kier molecular flexibility index (Phi) is 3.85. The molecule has 0 amide bonds. The standard InChI is InChI=1S/C14H16ClN/c15-14-9-5-4-8-13(14)12-7-3-1-2-6-11(12)10-16/h4-5,8-9,11-12H,1-3,6-7H2. The molecule has 1 saturated carbocycles. The number of hydrogen-bond donors (Lipinski definition) is 0. The molecule has 0 spiro atoms. The first-order chi connectivity index (χ1) is 7.83. The third kappa shape index (κ3) is 2.39. The molecule has 0 radical (unpaired) electrons. The predicted molar refractivity (Wildman–Crippen MR) is 66.4 cm³/mol. The van der Waals surface area contributed by atoms with E-state index in [1.54, 1.807) is 0 Å². The molecule has 2 atom stereocenters. The van der Waals surface area contributed by atoms with Crippen molar-refractivity contribution in [2.75, 3.05) is 0 Å². The molecule has 2 rings (SSSR count). The minimum atomic E-state index is 0.141. The van der Waals surface area contributed by atoms with Crippen molar-refractivity contribution < 1.29 is 0 Å². The first-order valence-corrected chi connectivity index (χ1v) is 6.35. The molecular formula is C14H16ClN. The van der Waals surface area contributed by atoms with Gasteiger partial charge in [-0.3, -0.25) is 0 Å². The molecule has 0 saturated heterocycles. The average molecular weight is 234 g/mol. The maximum atomic E-state index is 9.25. The van der Waals surface area contributed by atoms with Crippen molar-refractivity contribution >= 4 is 11.6 Å². The number of nitrogens with zero attached hydrogens (tertiary/aromatic N) is 1. The number of benzene rings is 1. The van der Waals surface area contributed by atoms with E-state index in [-0.39, 0.29) is 5.92 Å². The van der Waals surface area contributed by atoms with E-state index in [0.29, 0.717) is 5.92 Å². The van der Waals surface area contributed by atoms with Crippen LogP contribution < -0.4 is 0 Å². The second-order valence-electron chi connectivity index (χ2n) is 4.50. The lowest BCUT2D eigenvalue weighted by atomic mass is 9.83. The normalized spacial score (nSPS) is 25.8. The van der Waals surface area contributed by atoms with Crippen LogP contribution in [0.4, 0.5) is 0 Å². The van der Waals surface area contributed by atoms with Gasteiger partial charge in [0.2, 0.25) is 0 Å². The molecule has 0 aromatic heterocycles. The highest BCUT2D eigenvalue weighted by atomic mass is 35.5. The van der Waals surface area contributed by atoms with Gasteiger partial charge in [-0.1, -0.05) is 49.1 Å². The Hall–Kier alpha value is -1.00. The van der Waals surface area contributed by atoms with Gasteiger partial charge in [0.15, 0.2) is 0 Å². The smallest absolute Gasteiger partial charge is 0.0662 e. The van der Waals surface area contributed by atoms with Crippen LogP contribution in [0.1, 0.15) is 43.6 Å². The van der Waals surface area contributed by atoms with Gasteiger partial charge >= 0.3 is 0 Å². The van der Waals surface area contributed by atoms with E-state index in [2.05, 4.69) is 12.1 Å². The fraction of sp³-hybridized carbons (Fsp3) is 0.500. The van der Waals surface area contributed by atoms with Crippen LogP contribution in [0, 0.1) is 17.2 Å². The molecule has 84 valence electrons. The third-order valence-corrected chi connectivity index (χ3v) is 3.83. The topological polar surface area (TPSA) is 23.8 Å². The van der Waals surface area contributed by atoms with E-state index in [9.17, 15) is 5.26 Å². The van der Waals surface area contributed by atoms with Gasteiger partial charge in [-0.25, -0.2) is 0 Å². The van der Waals surface area contributed by atoms with Crippen molar-refractivity contribution in [2.45, 2.75) is 38.0 Å². The van der Waals surface area contributed by atoms with Crippen LogP contribution in [0.2, 0.25) is 5.02 Å². The molecule has 1 aromatic rings. The van der Waals surface area contributed by atoms with Crippen LogP contribution >= 0.6 is 11.6 Å². The summed E-state index contributed by atoms with van der Waals surface area (Å²) in [5.74, 6) is 0.476. The molecule has 0 aliphatic heterocycles. The fourth-order valence-electron chi connectivity index (χ4n) is 2.61. The molecule has 1 aromatic carbocycles. The average Bonchev–Trinajstić information content (AvgIpc) is 2.54. The van der Waals surface area contributed by atoms with Crippen molar-refractivity contribution in [3.8, 4) is 6.07 Å². The van der Waals surface area contributed by atoms with E-state index in [1.165, 1.54) is 19.3 Å². The summed E-state index contributed by atoms with van der Waals surface area (Å²) < 4.78 is 0. The molecular weight excluding hydrogens is 218 g/mol. The lowest BCUT2D eigenvalue weighted by Gasteiger charge is -2.20. The predicted octanol–water partition coefficient (Wildman–Crippen LogP) is 4.53. The summed E-state index contributed by atoms with van der Waals surface area (Å²) in [5.41, 5.74) is 1.16. The SMILES string of the molecule is N#CC1CCCCCC1c1ccccc1Cl. The Morgan fingerprint density at radius 2 is 1.88 bits per heavy atom. The Bertz CT molecular complexity index is 394. The van der Waals surface area contributed by atoms with E-state index in [4.69, 9.17) is 11.6 Å². The van der Waals surface area contributed by atoms with Crippen molar-refractivity contribution in [1.29, 1.82) is 5.26 Å². The molecule has 2 heteroatoms. The highest BCUT2D eigenvalue weighted by Gasteiger charge is 2.26. The largest absolute Gasteiger partial charge is 0.198 e. The van der Waals surface area contributed by atoms with E-state index < -0.39 is 0 Å². The zero-order valence-corrected chi connectivity index (χ0v) is 10.1. The summed E-state index contributed by atoms with van der Waals surface area (Å²) in [6.45, 7) is 0. The summed E-state index contributed by atoms with van der Waals surface area (Å²) in [6, 6.07) is 10.4. The van der Waals surface area contributed by atoms with Crippen LogP contribution in [0.25, 0.3) is 0 Å². The Labute approximate surface area is 102 Å². The van der Waals surface area contributed by atoms with Gasteiger partial charge in [0, 0.05) is 10.9 Å². The van der Waals surface area contributed by atoms with Gasteiger partial charge in [-0.15, -0.1) is 0 Å². The maximum Gasteiger partial charge on any atom is 0.0662 e. The van der Waals surface area contributed by atoms with Gasteiger partial charge in [0.1, 0.15) is 0 Å². The van der Waals surface area contributed by atoms with Crippen molar-refractivity contribution in [3.63, 3.8) is 0 Å². The van der Waals surface area contributed by atoms with Crippen LogP contribution in [-0.4, -0.2) is 0 Å². The molecule has 0 bridgehead atoms. The van der Waals surface area contributed by atoms with Crippen LogP contribution in [0.3, 0.4) is 0 Å². The van der Waals surface area contributed by atoms with Crippen LogP contribution in [-0.2, 0) is 0 Å². The number of halogens is 1. The second kappa shape index (κ2) is 5.37. The minimum absolute atomic E-state index is 0.141. The summed E-state index contributed by atoms with van der Waals surface area (Å²) in [5, 5.41) is 10.1. The number of rotatable bonds is 1.